The van der Waals surface area contributed by atoms with Gasteiger partial charge in [-0.1, -0.05) is 29.8 Å². The fraction of sp³-hybridized carbons (Fsp3) is 0.500. The number of carbonyl (C=O) groups is 3. The Balaban J connectivity index is 1.71. The number of hydrogen-bond acceptors (Lipinski definition) is 3. The molecule has 1 fully saturated rings. The van der Waals surface area contributed by atoms with Gasteiger partial charge in [-0.25, -0.2) is 0 Å². The van der Waals surface area contributed by atoms with E-state index in [9.17, 15) is 14.4 Å². The van der Waals surface area contributed by atoms with Crippen LogP contribution in [0.15, 0.2) is 24.3 Å². The summed E-state index contributed by atoms with van der Waals surface area (Å²) < 4.78 is 0. The number of carbonyl (C=O) groups excluding carboxylic acids is 3. The highest BCUT2D eigenvalue weighted by Gasteiger charge is 2.26. The lowest BCUT2D eigenvalue weighted by molar-refractivity contribution is -0.136. The Bertz CT molecular complexity index is 598. The summed E-state index contributed by atoms with van der Waals surface area (Å²) in [6.07, 6.45) is 2.48. The molecule has 0 bridgehead atoms. The van der Waals surface area contributed by atoms with Crippen LogP contribution >= 0.6 is 0 Å². The number of piperidine rings is 1. The summed E-state index contributed by atoms with van der Waals surface area (Å²) >= 11 is 0. The first-order chi connectivity index (χ1) is 11.5. The molecule has 6 heteroatoms. The van der Waals surface area contributed by atoms with Gasteiger partial charge in [0.25, 0.3) is 0 Å². The number of hydrogen-bond donors (Lipinski definition) is 2. The van der Waals surface area contributed by atoms with Gasteiger partial charge in [-0.15, -0.1) is 0 Å². The van der Waals surface area contributed by atoms with Crippen molar-refractivity contribution in [1.82, 2.24) is 10.2 Å². The molecule has 24 heavy (non-hydrogen) atoms. The lowest BCUT2D eigenvalue weighted by Crippen LogP contribution is -2.47. The van der Waals surface area contributed by atoms with Crippen molar-refractivity contribution in [1.29, 1.82) is 0 Å². The highest BCUT2D eigenvalue weighted by atomic mass is 16.2. The van der Waals surface area contributed by atoms with Crippen molar-refractivity contribution in [3.63, 3.8) is 0 Å². The third-order valence-electron chi connectivity index (χ3n) is 4.37. The maximum atomic E-state index is 12.1. The van der Waals surface area contributed by atoms with Crippen LogP contribution in [-0.4, -0.2) is 42.3 Å². The van der Waals surface area contributed by atoms with Crippen LogP contribution in [0.1, 0.15) is 30.4 Å². The van der Waals surface area contributed by atoms with Crippen LogP contribution in [0.3, 0.4) is 0 Å². The molecule has 6 nitrogen and oxygen atoms in total. The number of amides is 3. The first-order valence-corrected chi connectivity index (χ1v) is 8.35. The number of primary amides is 1. The summed E-state index contributed by atoms with van der Waals surface area (Å²) in [5.41, 5.74) is 7.59. The third kappa shape index (κ3) is 5.37. The fourth-order valence-corrected chi connectivity index (χ4v) is 2.82. The van der Waals surface area contributed by atoms with Crippen molar-refractivity contribution in [2.45, 2.75) is 32.6 Å². The molecular formula is C18H25N3O3. The Morgan fingerprint density at radius 1 is 1.25 bits per heavy atom. The van der Waals surface area contributed by atoms with Crippen molar-refractivity contribution in [3.8, 4) is 0 Å². The van der Waals surface area contributed by atoms with Crippen LogP contribution in [-0.2, 0) is 20.8 Å². The molecule has 1 aromatic carbocycles. The first kappa shape index (κ1) is 18.0. The lowest BCUT2D eigenvalue weighted by atomic mass is 9.97. The van der Waals surface area contributed by atoms with Crippen molar-refractivity contribution in [2.24, 2.45) is 11.7 Å². The Morgan fingerprint density at radius 3 is 2.62 bits per heavy atom. The smallest absolute Gasteiger partial charge is 0.241 e. The van der Waals surface area contributed by atoms with Crippen LogP contribution in [0.4, 0.5) is 0 Å². The molecule has 2 rings (SSSR count). The van der Waals surface area contributed by atoms with E-state index in [1.807, 2.05) is 31.2 Å². The minimum atomic E-state index is -0.366. The summed E-state index contributed by atoms with van der Waals surface area (Å²) in [6.45, 7) is 2.96. The second-order valence-electron chi connectivity index (χ2n) is 6.34. The molecule has 0 radical (unpaired) electrons. The lowest BCUT2D eigenvalue weighted by Gasteiger charge is -2.31. The van der Waals surface area contributed by atoms with Crippen molar-refractivity contribution in [3.05, 3.63) is 35.4 Å². The normalized spacial score (nSPS) is 17.4. The molecule has 1 heterocycles. The van der Waals surface area contributed by atoms with Gasteiger partial charge < -0.3 is 16.0 Å². The van der Waals surface area contributed by atoms with Gasteiger partial charge in [-0.3, -0.25) is 14.4 Å². The summed E-state index contributed by atoms with van der Waals surface area (Å²) in [6, 6.07) is 8.04. The fourth-order valence-electron chi connectivity index (χ4n) is 2.82. The average Bonchev–Trinajstić information content (AvgIpc) is 2.59. The van der Waals surface area contributed by atoms with Gasteiger partial charge in [-0.05, 0) is 31.7 Å². The van der Waals surface area contributed by atoms with E-state index in [2.05, 4.69) is 5.32 Å². The molecule has 0 saturated carbocycles. The van der Waals surface area contributed by atoms with Crippen molar-refractivity contribution < 1.29 is 14.4 Å². The van der Waals surface area contributed by atoms with Gasteiger partial charge in [0.15, 0.2) is 0 Å². The molecule has 0 aliphatic carbocycles. The number of nitrogens with zero attached hydrogens (tertiary/aromatic N) is 1. The molecule has 1 atom stereocenters. The highest BCUT2D eigenvalue weighted by molar-refractivity contribution is 5.85. The zero-order chi connectivity index (χ0) is 17.5. The third-order valence-corrected chi connectivity index (χ3v) is 4.37. The molecular weight excluding hydrogens is 306 g/mol. The van der Waals surface area contributed by atoms with Gasteiger partial charge >= 0.3 is 0 Å². The second kappa shape index (κ2) is 8.47. The Hall–Kier alpha value is -2.37. The number of nitrogens with one attached hydrogen (secondary N) is 1. The predicted octanol–water partition coefficient (Wildman–Crippen LogP) is 0.768. The van der Waals surface area contributed by atoms with Crippen LogP contribution in [0, 0.1) is 12.8 Å². The van der Waals surface area contributed by atoms with Crippen LogP contribution in [0.2, 0.25) is 0 Å². The quantitative estimate of drug-likeness (QED) is 0.806. The topological polar surface area (TPSA) is 92.5 Å². The highest BCUT2D eigenvalue weighted by Crippen LogP contribution is 2.15. The summed E-state index contributed by atoms with van der Waals surface area (Å²) in [5, 5.41) is 2.66. The number of benzene rings is 1. The minimum Gasteiger partial charge on any atom is -0.369 e. The summed E-state index contributed by atoms with van der Waals surface area (Å²) in [5.74, 6) is -0.952. The van der Waals surface area contributed by atoms with Gasteiger partial charge in [0, 0.05) is 19.5 Å². The zero-order valence-corrected chi connectivity index (χ0v) is 14.1. The number of likely N-dealkylation sites (tertiary alicyclic amines) is 1. The van der Waals surface area contributed by atoms with Gasteiger partial charge in [0.2, 0.25) is 17.7 Å². The Kier molecular flexibility index (Phi) is 6.35. The molecule has 1 aliphatic heterocycles. The van der Waals surface area contributed by atoms with E-state index in [4.69, 9.17) is 5.73 Å². The monoisotopic (exact) mass is 331 g/mol. The van der Waals surface area contributed by atoms with Gasteiger partial charge in [0.05, 0.1) is 12.5 Å². The molecule has 3 N–H and O–H groups in total. The average molecular weight is 331 g/mol. The maximum Gasteiger partial charge on any atom is 0.241 e. The minimum absolute atomic E-state index is 0.0296. The van der Waals surface area contributed by atoms with E-state index in [-0.39, 0.29) is 30.2 Å². The van der Waals surface area contributed by atoms with Gasteiger partial charge in [-0.2, -0.15) is 0 Å². The molecule has 0 unspecified atom stereocenters. The van der Waals surface area contributed by atoms with E-state index >= 15 is 0 Å². The van der Waals surface area contributed by atoms with E-state index in [1.54, 1.807) is 4.90 Å². The number of rotatable bonds is 6. The number of aryl methyl sites for hydroxylation is 2. The molecule has 3 amide bonds. The molecule has 1 aliphatic rings. The largest absolute Gasteiger partial charge is 0.369 e. The molecule has 0 aromatic heterocycles. The van der Waals surface area contributed by atoms with Crippen LogP contribution in [0.25, 0.3) is 0 Å². The first-order valence-electron chi connectivity index (χ1n) is 8.35. The number of nitrogens with two attached hydrogens (primary N) is 1. The second-order valence-corrected chi connectivity index (χ2v) is 6.34. The summed E-state index contributed by atoms with van der Waals surface area (Å²) in [4.78, 5) is 36.9. The Morgan fingerprint density at radius 2 is 1.96 bits per heavy atom. The van der Waals surface area contributed by atoms with E-state index in [1.165, 1.54) is 5.56 Å². The molecule has 1 aromatic rings. The summed E-state index contributed by atoms with van der Waals surface area (Å²) in [7, 11) is 0. The van der Waals surface area contributed by atoms with Crippen LogP contribution in [0.5, 0.6) is 0 Å². The molecule has 1 saturated heterocycles. The van der Waals surface area contributed by atoms with Gasteiger partial charge in [0.1, 0.15) is 0 Å². The van der Waals surface area contributed by atoms with E-state index in [0.29, 0.717) is 25.9 Å². The Labute approximate surface area is 142 Å². The van der Waals surface area contributed by atoms with Crippen LogP contribution < -0.4 is 11.1 Å². The van der Waals surface area contributed by atoms with E-state index in [0.717, 1.165) is 18.4 Å². The predicted molar refractivity (Wildman–Crippen MR) is 91.0 cm³/mol. The van der Waals surface area contributed by atoms with Crippen molar-refractivity contribution >= 4 is 17.7 Å². The standard InChI is InChI=1S/C18H25N3O3/c1-13-4-6-14(7-5-13)8-9-16(22)20-11-17(23)21-10-2-3-15(12-21)18(19)24/h4-7,15H,2-3,8-12H2,1H3,(H2,19,24)(H,20,22)/t15-/m0/s1. The van der Waals surface area contributed by atoms with Crippen molar-refractivity contribution in [2.75, 3.05) is 19.6 Å². The zero-order valence-electron chi connectivity index (χ0n) is 14.1. The molecule has 0 spiro atoms. The van der Waals surface area contributed by atoms with E-state index < -0.39 is 0 Å². The molecule has 130 valence electrons. The maximum absolute atomic E-state index is 12.1. The SMILES string of the molecule is Cc1ccc(CCC(=O)NCC(=O)N2CCC[C@H](C(N)=O)C2)cc1.